The van der Waals surface area contributed by atoms with Gasteiger partial charge in [0.25, 0.3) is 5.91 Å². The van der Waals surface area contributed by atoms with E-state index in [4.69, 9.17) is 0 Å². The molecule has 6 nitrogen and oxygen atoms in total. The number of carbonyl (C=O) groups is 2. The van der Waals surface area contributed by atoms with Crippen LogP contribution in [0.4, 0.5) is 5.69 Å². The van der Waals surface area contributed by atoms with E-state index >= 15 is 0 Å². The quantitative estimate of drug-likeness (QED) is 0.711. The molecule has 0 saturated carbocycles. The predicted molar refractivity (Wildman–Crippen MR) is 108 cm³/mol. The highest BCUT2D eigenvalue weighted by atomic mass is 32.1. The van der Waals surface area contributed by atoms with Gasteiger partial charge in [0.1, 0.15) is 16.5 Å². The third-order valence-electron chi connectivity index (χ3n) is 4.70. The first-order valence-corrected chi connectivity index (χ1v) is 9.82. The summed E-state index contributed by atoms with van der Waals surface area (Å²) >= 11 is 1.41. The predicted octanol–water partition coefficient (Wildman–Crippen LogP) is 3.67. The number of rotatable bonds is 3. The van der Waals surface area contributed by atoms with Crippen LogP contribution in [0.15, 0.2) is 47.8 Å². The maximum absolute atomic E-state index is 12.9. The number of nitrogens with one attached hydrogen (secondary N) is 1. The average molecular weight is 393 g/mol. The molecule has 0 fully saturated rings. The molecule has 28 heavy (non-hydrogen) atoms. The number of amides is 2. The van der Waals surface area contributed by atoms with E-state index in [0.29, 0.717) is 25.2 Å². The van der Waals surface area contributed by atoms with Gasteiger partial charge >= 0.3 is 0 Å². The van der Waals surface area contributed by atoms with Gasteiger partial charge in [0.2, 0.25) is 5.91 Å². The summed E-state index contributed by atoms with van der Waals surface area (Å²) in [6.45, 7) is 2.56. The highest BCUT2D eigenvalue weighted by Gasteiger charge is 2.25. The molecule has 1 aliphatic heterocycles. The van der Waals surface area contributed by atoms with Crippen molar-refractivity contribution in [3.63, 3.8) is 0 Å². The number of fused-ring (bicyclic) bond motifs is 1. The van der Waals surface area contributed by atoms with Crippen molar-refractivity contribution >= 4 is 28.8 Å². The lowest BCUT2D eigenvalue weighted by atomic mass is 9.97. The third-order valence-corrected chi connectivity index (χ3v) is 5.59. The summed E-state index contributed by atoms with van der Waals surface area (Å²) in [5, 5.41) is 14.8. The molecule has 0 unspecified atom stereocenters. The van der Waals surface area contributed by atoms with Gasteiger partial charge in [-0.05, 0) is 47.9 Å². The number of benzene rings is 2. The Hall–Kier alpha value is -3.19. The van der Waals surface area contributed by atoms with E-state index in [1.54, 1.807) is 34.5 Å². The van der Waals surface area contributed by atoms with Crippen molar-refractivity contribution in [1.29, 1.82) is 0 Å². The second-order valence-electron chi connectivity index (χ2n) is 6.69. The van der Waals surface area contributed by atoms with E-state index in [1.807, 2.05) is 18.2 Å². The van der Waals surface area contributed by atoms with E-state index in [-0.39, 0.29) is 17.6 Å². The van der Waals surface area contributed by atoms with Crippen molar-refractivity contribution in [2.45, 2.75) is 19.9 Å². The van der Waals surface area contributed by atoms with E-state index in [0.717, 1.165) is 27.4 Å². The second-order valence-corrected chi connectivity index (χ2v) is 7.54. The zero-order valence-corrected chi connectivity index (χ0v) is 16.1. The molecule has 4 rings (SSSR count). The molecule has 142 valence electrons. The number of hydrogen-bond donors (Lipinski definition) is 2. The van der Waals surface area contributed by atoms with Gasteiger partial charge in [-0.3, -0.25) is 9.59 Å². The molecule has 2 aromatic carbocycles. The van der Waals surface area contributed by atoms with Crippen molar-refractivity contribution in [3.8, 4) is 16.3 Å². The van der Waals surface area contributed by atoms with Crippen LogP contribution < -0.4 is 5.32 Å². The Morgan fingerprint density at radius 1 is 1.18 bits per heavy atom. The molecule has 0 atom stereocenters. The maximum Gasteiger partial charge on any atom is 0.273 e. The first-order valence-electron chi connectivity index (χ1n) is 8.94. The minimum absolute atomic E-state index is 0.100. The number of nitrogens with zero attached hydrogens (tertiary/aromatic N) is 2. The number of anilines is 1. The summed E-state index contributed by atoms with van der Waals surface area (Å²) in [6, 6.07) is 12.5. The van der Waals surface area contributed by atoms with Gasteiger partial charge in [-0.2, -0.15) is 0 Å². The molecule has 3 aromatic rings. The van der Waals surface area contributed by atoms with Crippen LogP contribution in [0.2, 0.25) is 0 Å². The van der Waals surface area contributed by atoms with Gasteiger partial charge in [0.15, 0.2) is 0 Å². The molecular weight excluding hydrogens is 374 g/mol. The number of aromatic hydroxyl groups is 1. The van der Waals surface area contributed by atoms with Crippen molar-refractivity contribution < 1.29 is 14.7 Å². The molecule has 2 N–H and O–H groups in total. The lowest BCUT2D eigenvalue weighted by molar-refractivity contribution is -0.114. The fourth-order valence-corrected chi connectivity index (χ4v) is 4.16. The molecular formula is C21H19N3O3S. The van der Waals surface area contributed by atoms with E-state index < -0.39 is 0 Å². The molecule has 0 saturated heterocycles. The molecule has 0 bridgehead atoms. The minimum Gasteiger partial charge on any atom is -0.508 e. The molecule has 1 aromatic heterocycles. The zero-order chi connectivity index (χ0) is 19.7. The first-order chi connectivity index (χ1) is 13.5. The summed E-state index contributed by atoms with van der Waals surface area (Å²) < 4.78 is 0. The number of thiazole rings is 1. The van der Waals surface area contributed by atoms with Gasteiger partial charge in [-0.15, -0.1) is 11.3 Å². The largest absolute Gasteiger partial charge is 0.508 e. The van der Waals surface area contributed by atoms with Crippen LogP contribution in [-0.2, 0) is 17.8 Å². The highest BCUT2D eigenvalue weighted by Crippen LogP contribution is 2.29. The standard InChI is InChI=1S/C21H19N3O3S/c1-13(25)22-18-4-2-3-15-11-24(10-9-17(15)18)21(27)19-12-28-20(23-19)14-5-7-16(26)8-6-14/h2-8,12,26H,9-11H2,1H3,(H,22,25). The average Bonchev–Trinajstić information content (AvgIpc) is 3.17. The van der Waals surface area contributed by atoms with Crippen LogP contribution in [0.5, 0.6) is 5.75 Å². The van der Waals surface area contributed by atoms with Crippen molar-refractivity contribution in [3.05, 3.63) is 64.7 Å². The minimum atomic E-state index is -0.101. The van der Waals surface area contributed by atoms with Gasteiger partial charge in [-0.25, -0.2) is 4.98 Å². The number of aromatic nitrogens is 1. The van der Waals surface area contributed by atoms with Gasteiger partial charge in [0, 0.05) is 36.6 Å². The van der Waals surface area contributed by atoms with Crippen LogP contribution in [0.1, 0.15) is 28.5 Å². The van der Waals surface area contributed by atoms with E-state index in [1.165, 1.54) is 18.3 Å². The Morgan fingerprint density at radius 2 is 1.96 bits per heavy atom. The first kappa shape index (κ1) is 18.2. The lowest BCUT2D eigenvalue weighted by Crippen LogP contribution is -2.36. The molecule has 0 spiro atoms. The van der Waals surface area contributed by atoms with E-state index in [9.17, 15) is 14.7 Å². The Morgan fingerprint density at radius 3 is 2.71 bits per heavy atom. The van der Waals surface area contributed by atoms with Crippen molar-refractivity contribution in [2.24, 2.45) is 0 Å². The Labute approximate surface area is 166 Å². The molecule has 0 aliphatic carbocycles. The zero-order valence-electron chi connectivity index (χ0n) is 15.3. The fraction of sp³-hybridized carbons (Fsp3) is 0.190. The smallest absolute Gasteiger partial charge is 0.273 e. The molecule has 1 aliphatic rings. The van der Waals surface area contributed by atoms with Crippen LogP contribution in [0.3, 0.4) is 0 Å². The summed E-state index contributed by atoms with van der Waals surface area (Å²) in [5.74, 6) is -0.00443. The molecule has 2 amide bonds. The number of hydrogen-bond acceptors (Lipinski definition) is 5. The summed E-state index contributed by atoms with van der Waals surface area (Å²) in [4.78, 5) is 30.6. The summed E-state index contributed by atoms with van der Waals surface area (Å²) in [5.41, 5.74) is 4.24. The van der Waals surface area contributed by atoms with Gasteiger partial charge in [0.05, 0.1) is 0 Å². The van der Waals surface area contributed by atoms with Crippen molar-refractivity contribution in [2.75, 3.05) is 11.9 Å². The Kier molecular flexibility index (Phi) is 4.83. The topological polar surface area (TPSA) is 82.5 Å². The summed E-state index contributed by atoms with van der Waals surface area (Å²) in [7, 11) is 0. The normalized spacial score (nSPS) is 13.1. The van der Waals surface area contributed by atoms with Crippen LogP contribution in [-0.4, -0.2) is 33.3 Å². The Balaban J connectivity index is 1.53. The monoisotopic (exact) mass is 393 g/mol. The van der Waals surface area contributed by atoms with Crippen LogP contribution in [0, 0.1) is 0 Å². The highest BCUT2D eigenvalue weighted by molar-refractivity contribution is 7.13. The summed E-state index contributed by atoms with van der Waals surface area (Å²) in [6.07, 6.45) is 0.687. The fourth-order valence-electron chi connectivity index (χ4n) is 3.36. The number of phenols is 1. The number of carbonyl (C=O) groups excluding carboxylic acids is 2. The SMILES string of the molecule is CC(=O)Nc1cccc2c1CCN(C(=O)c1csc(-c3ccc(O)cc3)n1)C2. The van der Waals surface area contributed by atoms with Crippen LogP contribution >= 0.6 is 11.3 Å². The second kappa shape index (κ2) is 7.44. The maximum atomic E-state index is 12.9. The molecule has 7 heteroatoms. The number of phenolic OH excluding ortho intramolecular Hbond substituents is 1. The molecule has 0 radical (unpaired) electrons. The van der Waals surface area contributed by atoms with Gasteiger partial charge < -0.3 is 15.3 Å². The molecule has 2 heterocycles. The third kappa shape index (κ3) is 3.61. The Bertz CT molecular complexity index is 1040. The van der Waals surface area contributed by atoms with Crippen LogP contribution in [0.25, 0.3) is 10.6 Å². The van der Waals surface area contributed by atoms with E-state index in [2.05, 4.69) is 10.3 Å². The van der Waals surface area contributed by atoms with Gasteiger partial charge in [-0.1, -0.05) is 12.1 Å². The lowest BCUT2D eigenvalue weighted by Gasteiger charge is -2.29. The van der Waals surface area contributed by atoms with Crippen molar-refractivity contribution in [1.82, 2.24) is 9.88 Å².